The lowest BCUT2D eigenvalue weighted by molar-refractivity contribution is 1.58. The predicted octanol–water partition coefficient (Wildman–Crippen LogP) is 4.56. The first kappa shape index (κ1) is 12.4. The number of benzene rings is 2. The van der Waals surface area contributed by atoms with Crippen LogP contribution in [0.4, 0.5) is 0 Å². The molecule has 0 bridgehead atoms. The molecular weight excluding hydrogens is 304 g/mol. The monoisotopic (exact) mass is 314 g/mol. The Balaban J connectivity index is 1.62. The molecular formula is C15H10N2S3. The third-order valence-electron chi connectivity index (χ3n) is 2.89. The van der Waals surface area contributed by atoms with E-state index in [4.69, 9.17) is 9.98 Å². The summed E-state index contributed by atoms with van der Waals surface area (Å²) in [4.78, 5) is 9.39. The maximum Gasteiger partial charge on any atom is 0.200 e. The third-order valence-corrected chi connectivity index (χ3v) is 8.62. The smallest absolute Gasteiger partial charge is 0.200 e. The molecule has 2 nitrogen and oxygen atoms in total. The van der Waals surface area contributed by atoms with Crippen LogP contribution in [-0.2, 0) is 0 Å². The maximum absolute atomic E-state index is 4.70. The van der Waals surface area contributed by atoms with Crippen molar-refractivity contribution >= 4 is 45.3 Å². The molecule has 2 aliphatic heterocycles. The van der Waals surface area contributed by atoms with Crippen molar-refractivity contribution in [1.82, 2.24) is 0 Å². The molecule has 2 aromatic carbocycles. The molecule has 0 radical (unpaired) electrons. The number of hydrogen-bond donors (Lipinski definition) is 0. The zero-order valence-electron chi connectivity index (χ0n) is 10.4. The van der Waals surface area contributed by atoms with Crippen molar-refractivity contribution in [2.24, 2.45) is 9.98 Å². The van der Waals surface area contributed by atoms with Crippen LogP contribution in [0.1, 0.15) is 11.1 Å². The number of nitrogens with zero attached hydrogens (tertiary/aromatic N) is 2. The Morgan fingerprint density at radius 1 is 0.650 bits per heavy atom. The van der Waals surface area contributed by atoms with Gasteiger partial charge in [0, 0.05) is 11.1 Å². The molecule has 0 spiro atoms. The Morgan fingerprint density at radius 3 is 1.50 bits per heavy atom. The van der Waals surface area contributed by atoms with Crippen molar-refractivity contribution in [3.05, 3.63) is 71.8 Å². The molecule has 2 aromatic rings. The van der Waals surface area contributed by atoms with Gasteiger partial charge in [-0.05, 0) is 30.1 Å². The molecule has 0 saturated heterocycles. The molecule has 0 saturated carbocycles. The van der Waals surface area contributed by atoms with Gasteiger partial charge in [0.15, 0.2) is 0 Å². The molecule has 0 amide bonds. The summed E-state index contributed by atoms with van der Waals surface area (Å²) < 4.78 is 0. The summed E-state index contributed by atoms with van der Waals surface area (Å²) in [6.07, 6.45) is 0. The van der Waals surface area contributed by atoms with Gasteiger partial charge >= 0.3 is 0 Å². The summed E-state index contributed by atoms with van der Waals surface area (Å²) in [5.41, 5.74) is 2.37. The van der Waals surface area contributed by atoms with Gasteiger partial charge in [0.2, 0.25) is 5.11 Å². The Kier molecular flexibility index (Phi) is 3.26. The van der Waals surface area contributed by atoms with Crippen LogP contribution in [0.2, 0.25) is 0 Å². The van der Waals surface area contributed by atoms with Crippen LogP contribution in [0.15, 0.2) is 70.6 Å². The van der Waals surface area contributed by atoms with Gasteiger partial charge in [0.1, 0.15) is 10.1 Å². The average molecular weight is 314 g/mol. The Bertz CT molecular complexity index is 686. The summed E-state index contributed by atoms with van der Waals surface area (Å²) in [6, 6.07) is 20.7. The van der Waals surface area contributed by atoms with E-state index in [0.29, 0.717) is 0 Å². The van der Waals surface area contributed by atoms with Gasteiger partial charge in [-0.25, -0.2) is 9.98 Å². The van der Waals surface area contributed by atoms with E-state index in [-0.39, 0.29) is 8.55 Å². The zero-order valence-corrected chi connectivity index (χ0v) is 12.8. The van der Waals surface area contributed by atoms with Crippen LogP contribution < -0.4 is 0 Å². The SMILES string of the molecule is c1ccc(C2=NC3=S(S2)SC(c2ccccc2)=N3)cc1. The van der Waals surface area contributed by atoms with E-state index in [2.05, 4.69) is 24.3 Å². The fraction of sp³-hybridized carbons (Fsp3) is 0. The van der Waals surface area contributed by atoms with E-state index in [0.717, 1.165) is 15.2 Å². The lowest BCUT2D eigenvalue weighted by Gasteiger charge is -2.03. The molecule has 20 heavy (non-hydrogen) atoms. The molecule has 0 unspecified atom stereocenters. The molecule has 0 fully saturated rings. The highest BCUT2D eigenvalue weighted by Gasteiger charge is 2.27. The number of rotatable bonds is 2. The van der Waals surface area contributed by atoms with Gasteiger partial charge in [0.05, 0.1) is 0 Å². The molecule has 4 rings (SSSR count). The van der Waals surface area contributed by atoms with E-state index in [1.807, 2.05) is 58.0 Å². The molecule has 0 N–H and O–H groups in total. The highest BCUT2D eigenvalue weighted by Crippen LogP contribution is 2.54. The Morgan fingerprint density at radius 2 is 1.10 bits per heavy atom. The Hall–Kier alpha value is -1.30. The van der Waals surface area contributed by atoms with Crippen LogP contribution in [-0.4, -0.2) is 15.2 Å². The van der Waals surface area contributed by atoms with Crippen molar-refractivity contribution in [2.75, 3.05) is 0 Å². The van der Waals surface area contributed by atoms with Gasteiger partial charge in [-0.2, -0.15) is 0 Å². The van der Waals surface area contributed by atoms with Crippen LogP contribution >= 0.6 is 30.1 Å². The Labute approximate surface area is 127 Å². The molecule has 2 aliphatic rings. The second-order valence-electron chi connectivity index (χ2n) is 4.25. The molecule has 0 aliphatic carbocycles. The quantitative estimate of drug-likeness (QED) is 0.599. The average Bonchev–Trinajstić information content (AvgIpc) is 3.08. The minimum atomic E-state index is 0.0136. The number of hydrogen-bond acceptors (Lipinski definition) is 4. The van der Waals surface area contributed by atoms with Crippen LogP contribution in [0.5, 0.6) is 0 Å². The van der Waals surface area contributed by atoms with Crippen molar-refractivity contribution in [3.8, 4) is 0 Å². The zero-order chi connectivity index (χ0) is 13.4. The first-order valence-corrected chi connectivity index (χ1v) is 10.1. The topological polar surface area (TPSA) is 24.7 Å². The van der Waals surface area contributed by atoms with Gasteiger partial charge < -0.3 is 0 Å². The predicted molar refractivity (Wildman–Crippen MR) is 93.7 cm³/mol. The fourth-order valence-corrected chi connectivity index (χ4v) is 7.69. The van der Waals surface area contributed by atoms with Crippen LogP contribution in [0.3, 0.4) is 0 Å². The van der Waals surface area contributed by atoms with E-state index < -0.39 is 0 Å². The standard InChI is InChI=1S/C15H10N2S3/c1-3-7-11(8-4-1)13-16-15-17-14(19-20(15)18-13)12-9-5-2-6-10-12/h1-10H. The van der Waals surface area contributed by atoms with Crippen molar-refractivity contribution in [3.63, 3.8) is 0 Å². The number of aliphatic imine (C=N–C) groups is 2. The van der Waals surface area contributed by atoms with Gasteiger partial charge in [-0.1, -0.05) is 60.7 Å². The van der Waals surface area contributed by atoms with Crippen molar-refractivity contribution in [1.29, 1.82) is 0 Å². The maximum atomic E-state index is 4.70. The first-order chi connectivity index (χ1) is 9.90. The lowest BCUT2D eigenvalue weighted by Crippen LogP contribution is -1.96. The summed E-state index contributed by atoms with van der Waals surface area (Å²) in [7, 11) is 3.66. The summed E-state index contributed by atoms with van der Waals surface area (Å²) in [6.45, 7) is 0. The molecule has 98 valence electrons. The summed E-state index contributed by atoms with van der Waals surface area (Å²) >= 11 is 0. The van der Waals surface area contributed by atoms with Crippen LogP contribution in [0.25, 0.3) is 0 Å². The largest absolute Gasteiger partial charge is 0.214 e. The van der Waals surface area contributed by atoms with E-state index >= 15 is 0 Å². The van der Waals surface area contributed by atoms with E-state index in [9.17, 15) is 0 Å². The van der Waals surface area contributed by atoms with Gasteiger partial charge in [0.25, 0.3) is 0 Å². The molecule has 5 heteroatoms. The molecule has 2 heterocycles. The molecule has 0 aromatic heterocycles. The summed E-state index contributed by atoms with van der Waals surface area (Å²) in [5.74, 6) is 0. The minimum absolute atomic E-state index is 0.0136. The normalized spacial score (nSPS) is 17.9. The fourth-order valence-electron chi connectivity index (χ4n) is 1.93. The minimum Gasteiger partial charge on any atom is -0.214 e. The highest BCUT2D eigenvalue weighted by atomic mass is 33.5. The van der Waals surface area contributed by atoms with E-state index in [1.54, 1.807) is 0 Å². The summed E-state index contributed by atoms with van der Waals surface area (Å²) in [5, 5.41) is 3.15. The second-order valence-corrected chi connectivity index (χ2v) is 9.82. The third kappa shape index (κ3) is 2.26. The second kappa shape index (κ2) is 5.24. The van der Waals surface area contributed by atoms with E-state index in [1.165, 1.54) is 11.1 Å². The molecule has 0 atom stereocenters. The van der Waals surface area contributed by atoms with Gasteiger partial charge in [-0.3, -0.25) is 0 Å². The highest BCUT2D eigenvalue weighted by molar-refractivity contribution is 9.21. The van der Waals surface area contributed by atoms with Crippen molar-refractivity contribution < 1.29 is 0 Å². The first-order valence-electron chi connectivity index (χ1n) is 6.16. The van der Waals surface area contributed by atoms with Crippen molar-refractivity contribution in [2.45, 2.75) is 0 Å². The van der Waals surface area contributed by atoms with Gasteiger partial charge in [-0.15, -0.1) is 0 Å². The lowest BCUT2D eigenvalue weighted by atomic mass is 10.2. The van der Waals surface area contributed by atoms with Crippen LogP contribution in [0, 0.1) is 0 Å².